The van der Waals surface area contributed by atoms with Crippen LogP contribution in [-0.2, 0) is 0 Å². The van der Waals surface area contributed by atoms with E-state index < -0.39 is 0 Å². The van der Waals surface area contributed by atoms with Crippen molar-refractivity contribution in [2.45, 2.75) is 33.2 Å². The normalized spacial score (nSPS) is 16.0. The molecule has 3 nitrogen and oxygen atoms in total. The molecule has 0 heterocycles. The number of hydrogen-bond acceptors (Lipinski definition) is 3. The molecule has 0 aromatic heterocycles. The molecule has 0 saturated heterocycles. The number of likely N-dealkylation sites (N-methyl/N-ethyl adjacent to an activating group) is 1. The van der Waals surface area contributed by atoms with Crippen LogP contribution in [0.25, 0.3) is 0 Å². The molecule has 0 aliphatic carbocycles. The summed E-state index contributed by atoms with van der Waals surface area (Å²) in [7, 11) is 4.20. The highest BCUT2D eigenvalue weighted by Crippen LogP contribution is 2.06. The van der Waals surface area contributed by atoms with Crippen molar-refractivity contribution >= 4 is 0 Å². The third-order valence-electron chi connectivity index (χ3n) is 2.41. The van der Waals surface area contributed by atoms with Gasteiger partial charge in [-0.1, -0.05) is 20.8 Å². The summed E-state index contributed by atoms with van der Waals surface area (Å²) in [5, 5.41) is 12.5. The zero-order valence-corrected chi connectivity index (χ0v) is 11.0. The summed E-state index contributed by atoms with van der Waals surface area (Å²) >= 11 is 0. The van der Waals surface area contributed by atoms with Crippen LogP contribution in [0.4, 0.5) is 0 Å². The van der Waals surface area contributed by atoms with Gasteiger partial charge in [0.15, 0.2) is 0 Å². The molecule has 2 unspecified atom stereocenters. The second-order valence-electron chi connectivity index (χ2n) is 5.28. The first-order valence-corrected chi connectivity index (χ1v) is 5.94. The van der Waals surface area contributed by atoms with E-state index in [1.807, 2.05) is 0 Å². The quantitative estimate of drug-likeness (QED) is 0.639. The van der Waals surface area contributed by atoms with Crippen LogP contribution in [0.15, 0.2) is 0 Å². The van der Waals surface area contributed by atoms with E-state index >= 15 is 0 Å². The van der Waals surface area contributed by atoms with Crippen LogP contribution in [0.5, 0.6) is 0 Å². The lowest BCUT2D eigenvalue weighted by molar-refractivity contribution is 0.221. The average molecular weight is 216 g/mol. The van der Waals surface area contributed by atoms with Crippen molar-refractivity contribution < 1.29 is 5.11 Å². The number of nitrogens with one attached hydrogen (secondary N) is 1. The Morgan fingerprint density at radius 2 is 1.80 bits per heavy atom. The second-order valence-corrected chi connectivity index (χ2v) is 5.28. The predicted octanol–water partition coefficient (Wildman–Crippen LogP) is 1.18. The van der Waals surface area contributed by atoms with Gasteiger partial charge in [-0.15, -0.1) is 0 Å². The molecule has 0 amide bonds. The Morgan fingerprint density at radius 3 is 2.20 bits per heavy atom. The van der Waals surface area contributed by atoms with Gasteiger partial charge in [-0.05, 0) is 32.4 Å². The van der Waals surface area contributed by atoms with Crippen LogP contribution in [0.3, 0.4) is 0 Å². The third-order valence-corrected chi connectivity index (χ3v) is 2.41. The molecule has 0 spiro atoms. The highest BCUT2D eigenvalue weighted by atomic mass is 16.3. The fraction of sp³-hybridized carbons (Fsp3) is 1.00. The van der Waals surface area contributed by atoms with Gasteiger partial charge in [0.2, 0.25) is 0 Å². The Kier molecular flexibility index (Phi) is 8.02. The molecule has 0 rings (SSSR count). The molecule has 92 valence electrons. The Bertz CT molecular complexity index is 139. The molecular weight excluding hydrogens is 188 g/mol. The van der Waals surface area contributed by atoms with Crippen molar-refractivity contribution in [3.8, 4) is 0 Å². The van der Waals surface area contributed by atoms with E-state index in [9.17, 15) is 0 Å². The highest BCUT2D eigenvalue weighted by molar-refractivity contribution is 4.72. The minimum atomic E-state index is 0.267. The van der Waals surface area contributed by atoms with Crippen LogP contribution in [0.2, 0.25) is 0 Å². The first-order valence-electron chi connectivity index (χ1n) is 5.94. The van der Waals surface area contributed by atoms with Crippen molar-refractivity contribution in [2.75, 3.05) is 33.8 Å². The van der Waals surface area contributed by atoms with Crippen molar-refractivity contribution in [1.29, 1.82) is 0 Å². The van der Waals surface area contributed by atoms with Crippen LogP contribution in [0, 0.1) is 11.8 Å². The van der Waals surface area contributed by atoms with Gasteiger partial charge in [0.05, 0.1) is 0 Å². The summed E-state index contributed by atoms with van der Waals surface area (Å²) in [5.74, 6) is 1.06. The molecule has 3 heteroatoms. The number of rotatable bonds is 8. The van der Waals surface area contributed by atoms with Gasteiger partial charge >= 0.3 is 0 Å². The van der Waals surface area contributed by atoms with E-state index in [0.29, 0.717) is 17.9 Å². The van der Waals surface area contributed by atoms with E-state index in [1.165, 1.54) is 6.42 Å². The van der Waals surface area contributed by atoms with Crippen LogP contribution >= 0.6 is 0 Å². The molecule has 2 atom stereocenters. The van der Waals surface area contributed by atoms with Crippen LogP contribution in [-0.4, -0.2) is 49.8 Å². The summed E-state index contributed by atoms with van der Waals surface area (Å²) in [4.78, 5) is 2.21. The van der Waals surface area contributed by atoms with Gasteiger partial charge in [-0.25, -0.2) is 0 Å². The van der Waals surface area contributed by atoms with E-state index in [0.717, 1.165) is 13.1 Å². The maximum Gasteiger partial charge on any atom is 0.0468 e. The summed E-state index contributed by atoms with van der Waals surface area (Å²) in [6.45, 7) is 8.80. The lowest BCUT2D eigenvalue weighted by Gasteiger charge is -2.25. The number of nitrogens with zero attached hydrogens (tertiary/aromatic N) is 1. The average Bonchev–Trinajstić information content (AvgIpc) is 2.11. The summed E-state index contributed by atoms with van der Waals surface area (Å²) in [6.07, 6.45) is 1.19. The Balaban J connectivity index is 3.89. The fourth-order valence-corrected chi connectivity index (χ4v) is 1.66. The topological polar surface area (TPSA) is 35.5 Å². The smallest absolute Gasteiger partial charge is 0.0468 e. The van der Waals surface area contributed by atoms with Gasteiger partial charge in [0.1, 0.15) is 0 Å². The summed E-state index contributed by atoms with van der Waals surface area (Å²) in [6, 6.07) is 0.536. The zero-order chi connectivity index (χ0) is 11.8. The van der Waals surface area contributed by atoms with Gasteiger partial charge in [0.25, 0.3) is 0 Å². The molecule has 0 aliphatic rings. The van der Waals surface area contributed by atoms with E-state index in [1.54, 1.807) is 0 Å². The molecule has 0 fully saturated rings. The van der Waals surface area contributed by atoms with Gasteiger partial charge < -0.3 is 15.3 Å². The monoisotopic (exact) mass is 216 g/mol. The lowest BCUT2D eigenvalue weighted by atomic mass is 10.0. The first kappa shape index (κ1) is 14.9. The van der Waals surface area contributed by atoms with E-state index in [-0.39, 0.29) is 6.61 Å². The van der Waals surface area contributed by atoms with Gasteiger partial charge in [-0.3, -0.25) is 0 Å². The van der Waals surface area contributed by atoms with Gasteiger partial charge in [-0.2, -0.15) is 0 Å². The molecule has 0 aromatic rings. The SMILES string of the molecule is CC(C)CC(CN(C)C)NCC(C)CO. The maximum absolute atomic E-state index is 8.96. The molecule has 0 bridgehead atoms. The van der Waals surface area contributed by atoms with Crippen molar-refractivity contribution in [1.82, 2.24) is 10.2 Å². The minimum Gasteiger partial charge on any atom is -0.396 e. The standard InChI is InChI=1S/C12H28N2O/c1-10(2)6-12(8-14(4)5)13-7-11(3)9-15/h10-13,15H,6-9H2,1-5H3. The molecule has 2 N–H and O–H groups in total. The lowest BCUT2D eigenvalue weighted by Crippen LogP contribution is -2.41. The maximum atomic E-state index is 8.96. The Labute approximate surface area is 94.9 Å². The Morgan fingerprint density at radius 1 is 1.20 bits per heavy atom. The van der Waals surface area contributed by atoms with Crippen molar-refractivity contribution in [2.24, 2.45) is 11.8 Å². The third kappa shape index (κ3) is 8.85. The summed E-state index contributed by atoms with van der Waals surface area (Å²) < 4.78 is 0. The zero-order valence-electron chi connectivity index (χ0n) is 11.0. The summed E-state index contributed by atoms with van der Waals surface area (Å²) in [5.41, 5.74) is 0. The predicted molar refractivity (Wildman–Crippen MR) is 66.0 cm³/mol. The molecular formula is C12H28N2O. The molecule has 0 aromatic carbocycles. The van der Waals surface area contributed by atoms with Crippen molar-refractivity contribution in [3.05, 3.63) is 0 Å². The molecule has 0 aliphatic heterocycles. The number of aliphatic hydroxyl groups is 1. The van der Waals surface area contributed by atoms with Gasteiger partial charge in [0, 0.05) is 25.7 Å². The van der Waals surface area contributed by atoms with E-state index in [2.05, 4.69) is 45.1 Å². The second kappa shape index (κ2) is 8.08. The molecule has 0 saturated carbocycles. The van der Waals surface area contributed by atoms with Crippen LogP contribution < -0.4 is 5.32 Å². The highest BCUT2D eigenvalue weighted by Gasteiger charge is 2.12. The van der Waals surface area contributed by atoms with Crippen molar-refractivity contribution in [3.63, 3.8) is 0 Å². The Hall–Kier alpha value is -0.120. The van der Waals surface area contributed by atoms with Crippen LogP contribution in [0.1, 0.15) is 27.2 Å². The first-order chi connectivity index (χ1) is 6.95. The number of hydrogen-bond donors (Lipinski definition) is 2. The number of aliphatic hydroxyl groups excluding tert-OH is 1. The minimum absolute atomic E-state index is 0.267. The molecule has 15 heavy (non-hydrogen) atoms. The van der Waals surface area contributed by atoms with E-state index in [4.69, 9.17) is 5.11 Å². The fourth-order valence-electron chi connectivity index (χ4n) is 1.66. The molecule has 0 radical (unpaired) electrons. The largest absolute Gasteiger partial charge is 0.396 e.